The summed E-state index contributed by atoms with van der Waals surface area (Å²) in [5.41, 5.74) is 2.51. The van der Waals surface area contributed by atoms with Crippen LogP contribution in [0.15, 0.2) is 18.2 Å². The number of piperidine rings is 1. The van der Waals surface area contributed by atoms with Gasteiger partial charge in [-0.25, -0.2) is 0 Å². The molecule has 2 nitrogen and oxygen atoms in total. The van der Waals surface area contributed by atoms with Gasteiger partial charge >= 0.3 is 0 Å². The van der Waals surface area contributed by atoms with Crippen LogP contribution in [0.3, 0.4) is 0 Å². The highest BCUT2D eigenvalue weighted by Gasteiger charge is 2.21. The molecule has 1 aliphatic heterocycles. The zero-order valence-corrected chi connectivity index (χ0v) is 12.4. The highest BCUT2D eigenvalue weighted by molar-refractivity contribution is 6.31. The summed E-state index contributed by atoms with van der Waals surface area (Å²) >= 11 is 6.43. The molecular formula is C16H23ClN2. The van der Waals surface area contributed by atoms with Crippen molar-refractivity contribution in [1.82, 2.24) is 5.32 Å². The molecule has 0 radical (unpaired) electrons. The Bertz CT molecular complexity index is 442. The van der Waals surface area contributed by atoms with E-state index in [0.717, 1.165) is 24.2 Å². The van der Waals surface area contributed by atoms with E-state index >= 15 is 0 Å². The van der Waals surface area contributed by atoms with Crippen molar-refractivity contribution < 1.29 is 0 Å². The van der Waals surface area contributed by atoms with Crippen LogP contribution in [0.25, 0.3) is 0 Å². The molecule has 0 spiro atoms. The highest BCUT2D eigenvalue weighted by atomic mass is 35.5. The first-order chi connectivity index (χ1) is 9.24. The Kier molecular flexibility index (Phi) is 3.99. The van der Waals surface area contributed by atoms with Crippen LogP contribution in [0.5, 0.6) is 0 Å². The van der Waals surface area contributed by atoms with Gasteiger partial charge in [-0.2, -0.15) is 0 Å². The van der Waals surface area contributed by atoms with Gasteiger partial charge in [-0.3, -0.25) is 0 Å². The maximum atomic E-state index is 6.43. The lowest BCUT2D eigenvalue weighted by Gasteiger charge is -2.35. The third kappa shape index (κ3) is 3.24. The van der Waals surface area contributed by atoms with E-state index in [2.05, 4.69) is 35.3 Å². The van der Waals surface area contributed by atoms with Crippen LogP contribution in [-0.4, -0.2) is 18.6 Å². The molecular weight excluding hydrogens is 256 g/mol. The first kappa shape index (κ1) is 13.3. The maximum absolute atomic E-state index is 6.43. The van der Waals surface area contributed by atoms with E-state index in [0.29, 0.717) is 6.04 Å². The van der Waals surface area contributed by atoms with Crippen molar-refractivity contribution in [3.05, 3.63) is 28.8 Å². The minimum Gasteiger partial charge on any atom is -0.369 e. The molecule has 2 fully saturated rings. The van der Waals surface area contributed by atoms with Gasteiger partial charge in [0.25, 0.3) is 0 Å². The molecule has 0 aromatic heterocycles. The van der Waals surface area contributed by atoms with Gasteiger partial charge in [0.05, 0.1) is 0 Å². The zero-order chi connectivity index (χ0) is 13.2. The molecule has 0 amide bonds. The fourth-order valence-electron chi connectivity index (χ4n) is 2.88. The standard InChI is InChI=1S/C16H23ClN2/c1-12-4-2-3-9-19(12)15-8-5-13(16(17)10-15)11-18-14-6-7-14/h5,8,10,12,14,18H,2-4,6-7,9,11H2,1H3. The van der Waals surface area contributed by atoms with Crippen LogP contribution in [-0.2, 0) is 6.54 Å². The van der Waals surface area contributed by atoms with Crippen LogP contribution >= 0.6 is 11.6 Å². The van der Waals surface area contributed by atoms with E-state index in [1.807, 2.05) is 0 Å². The number of halogens is 1. The summed E-state index contributed by atoms with van der Waals surface area (Å²) in [5.74, 6) is 0. The number of nitrogens with zero attached hydrogens (tertiary/aromatic N) is 1. The van der Waals surface area contributed by atoms with Gasteiger partial charge in [0, 0.05) is 35.9 Å². The lowest BCUT2D eigenvalue weighted by Crippen LogP contribution is -2.37. The lowest BCUT2D eigenvalue weighted by atomic mass is 10.0. The average molecular weight is 279 g/mol. The molecule has 0 bridgehead atoms. The Labute approximate surface area is 121 Å². The van der Waals surface area contributed by atoms with Crippen molar-refractivity contribution in [3.63, 3.8) is 0 Å². The van der Waals surface area contributed by atoms with Crippen LogP contribution in [0, 0.1) is 0 Å². The van der Waals surface area contributed by atoms with E-state index in [4.69, 9.17) is 11.6 Å². The van der Waals surface area contributed by atoms with Crippen molar-refractivity contribution >= 4 is 17.3 Å². The molecule has 1 N–H and O–H groups in total. The van der Waals surface area contributed by atoms with E-state index in [1.54, 1.807) is 0 Å². The number of nitrogens with one attached hydrogen (secondary N) is 1. The number of rotatable bonds is 4. The minimum atomic E-state index is 0.639. The predicted octanol–water partition coefficient (Wildman–Crippen LogP) is 3.97. The molecule has 1 saturated heterocycles. The van der Waals surface area contributed by atoms with E-state index in [1.165, 1.54) is 43.4 Å². The van der Waals surface area contributed by atoms with Gasteiger partial charge in [0.1, 0.15) is 0 Å². The predicted molar refractivity (Wildman–Crippen MR) is 82.0 cm³/mol. The fourth-order valence-corrected chi connectivity index (χ4v) is 3.12. The molecule has 1 aromatic carbocycles. The molecule has 1 unspecified atom stereocenters. The summed E-state index contributed by atoms with van der Waals surface area (Å²) in [6.07, 6.45) is 6.59. The summed E-state index contributed by atoms with van der Waals surface area (Å²) in [4.78, 5) is 2.49. The van der Waals surface area contributed by atoms with Gasteiger partial charge in [-0.15, -0.1) is 0 Å². The van der Waals surface area contributed by atoms with Crippen molar-refractivity contribution in [2.75, 3.05) is 11.4 Å². The second-order valence-electron chi connectivity index (χ2n) is 5.97. The summed E-state index contributed by atoms with van der Waals surface area (Å²) in [7, 11) is 0. The second-order valence-corrected chi connectivity index (χ2v) is 6.38. The van der Waals surface area contributed by atoms with E-state index in [9.17, 15) is 0 Å². The second kappa shape index (κ2) is 5.72. The topological polar surface area (TPSA) is 15.3 Å². The van der Waals surface area contributed by atoms with Crippen LogP contribution in [0.2, 0.25) is 5.02 Å². The molecule has 1 heterocycles. The fraction of sp³-hybridized carbons (Fsp3) is 0.625. The lowest BCUT2D eigenvalue weighted by molar-refractivity contribution is 0.485. The third-order valence-corrected chi connectivity index (χ3v) is 4.68. The number of hydrogen-bond acceptors (Lipinski definition) is 2. The van der Waals surface area contributed by atoms with Crippen molar-refractivity contribution in [2.45, 2.75) is 57.7 Å². The molecule has 1 aliphatic carbocycles. The Balaban J connectivity index is 1.70. The van der Waals surface area contributed by atoms with Gasteiger partial charge in [-0.05, 0) is 56.7 Å². The summed E-state index contributed by atoms with van der Waals surface area (Å²) in [5, 5.41) is 4.43. The molecule has 3 heteroatoms. The van der Waals surface area contributed by atoms with Gasteiger partial charge in [0.2, 0.25) is 0 Å². The van der Waals surface area contributed by atoms with Gasteiger partial charge in [-0.1, -0.05) is 17.7 Å². The van der Waals surface area contributed by atoms with E-state index < -0.39 is 0 Å². The molecule has 1 saturated carbocycles. The van der Waals surface area contributed by atoms with Crippen LogP contribution in [0.1, 0.15) is 44.6 Å². The Hall–Kier alpha value is -0.730. The Morgan fingerprint density at radius 3 is 2.79 bits per heavy atom. The number of anilines is 1. The number of hydrogen-bond donors (Lipinski definition) is 1. The Morgan fingerprint density at radius 1 is 1.26 bits per heavy atom. The first-order valence-electron chi connectivity index (χ1n) is 7.52. The maximum Gasteiger partial charge on any atom is 0.0471 e. The smallest absolute Gasteiger partial charge is 0.0471 e. The average Bonchev–Trinajstić information content (AvgIpc) is 3.22. The van der Waals surface area contributed by atoms with Crippen LogP contribution in [0.4, 0.5) is 5.69 Å². The molecule has 3 rings (SSSR count). The summed E-state index contributed by atoms with van der Waals surface area (Å²) in [6.45, 7) is 4.38. The highest BCUT2D eigenvalue weighted by Crippen LogP contribution is 2.29. The van der Waals surface area contributed by atoms with Crippen molar-refractivity contribution in [1.29, 1.82) is 0 Å². The monoisotopic (exact) mass is 278 g/mol. The normalized spacial score (nSPS) is 23.7. The van der Waals surface area contributed by atoms with E-state index in [-0.39, 0.29) is 0 Å². The van der Waals surface area contributed by atoms with Gasteiger partial charge < -0.3 is 10.2 Å². The van der Waals surface area contributed by atoms with Crippen molar-refractivity contribution in [2.24, 2.45) is 0 Å². The summed E-state index contributed by atoms with van der Waals surface area (Å²) in [6, 6.07) is 7.94. The minimum absolute atomic E-state index is 0.639. The first-order valence-corrected chi connectivity index (χ1v) is 7.90. The molecule has 1 aromatic rings. The molecule has 104 valence electrons. The van der Waals surface area contributed by atoms with Gasteiger partial charge in [0.15, 0.2) is 0 Å². The molecule has 19 heavy (non-hydrogen) atoms. The zero-order valence-electron chi connectivity index (χ0n) is 11.7. The van der Waals surface area contributed by atoms with Crippen LogP contribution < -0.4 is 10.2 Å². The Morgan fingerprint density at radius 2 is 2.11 bits per heavy atom. The quantitative estimate of drug-likeness (QED) is 0.896. The summed E-state index contributed by atoms with van der Waals surface area (Å²) < 4.78 is 0. The van der Waals surface area contributed by atoms with Crippen molar-refractivity contribution in [3.8, 4) is 0 Å². The largest absolute Gasteiger partial charge is 0.369 e. The molecule has 2 aliphatic rings. The molecule has 1 atom stereocenters. The third-order valence-electron chi connectivity index (χ3n) is 4.33. The number of benzene rings is 1. The SMILES string of the molecule is CC1CCCCN1c1ccc(CNC2CC2)c(Cl)c1.